The molecule has 1 amide bonds. The lowest BCUT2D eigenvalue weighted by Gasteiger charge is -2.10. The van der Waals surface area contributed by atoms with Gasteiger partial charge in [-0.1, -0.05) is 6.42 Å². The second-order valence-corrected chi connectivity index (χ2v) is 8.01. The van der Waals surface area contributed by atoms with Gasteiger partial charge in [-0.15, -0.1) is 11.3 Å². The van der Waals surface area contributed by atoms with E-state index in [-0.39, 0.29) is 18.0 Å². The molecular formula is C21H25NO4S. The van der Waals surface area contributed by atoms with E-state index in [1.165, 1.54) is 23.3 Å². The number of hydrogen-bond donors (Lipinski definition) is 1. The summed E-state index contributed by atoms with van der Waals surface area (Å²) in [5.74, 6) is 0.0951. The van der Waals surface area contributed by atoms with Gasteiger partial charge < -0.3 is 14.8 Å². The molecule has 0 aliphatic heterocycles. The minimum Gasteiger partial charge on any atom is -0.491 e. The van der Waals surface area contributed by atoms with Crippen LogP contribution in [-0.4, -0.2) is 25.1 Å². The van der Waals surface area contributed by atoms with Crippen molar-refractivity contribution in [2.75, 3.05) is 12.4 Å². The maximum Gasteiger partial charge on any atom is 0.341 e. The SMILES string of the molecule is COC(=O)c1c(NC(=O)c2ccc(OC(C)C)cc2)sc2c1CCCCC2. The van der Waals surface area contributed by atoms with Gasteiger partial charge >= 0.3 is 5.97 Å². The highest BCUT2D eigenvalue weighted by Gasteiger charge is 2.26. The summed E-state index contributed by atoms with van der Waals surface area (Å²) in [4.78, 5) is 26.2. The Morgan fingerprint density at radius 1 is 1.07 bits per heavy atom. The van der Waals surface area contributed by atoms with Gasteiger partial charge in [0.2, 0.25) is 0 Å². The summed E-state index contributed by atoms with van der Waals surface area (Å²) in [6.07, 6.45) is 5.20. The summed E-state index contributed by atoms with van der Waals surface area (Å²) >= 11 is 1.50. The molecule has 1 aliphatic rings. The Balaban J connectivity index is 1.84. The molecule has 1 aromatic carbocycles. The van der Waals surface area contributed by atoms with Gasteiger partial charge in [-0.25, -0.2) is 4.79 Å². The summed E-state index contributed by atoms with van der Waals surface area (Å²) in [7, 11) is 1.38. The molecular weight excluding hydrogens is 362 g/mol. The molecule has 1 heterocycles. The molecule has 1 aliphatic carbocycles. The van der Waals surface area contributed by atoms with Crippen LogP contribution in [0.5, 0.6) is 5.75 Å². The van der Waals surface area contributed by atoms with E-state index in [4.69, 9.17) is 9.47 Å². The Bertz CT molecular complexity index is 823. The molecule has 0 spiro atoms. The molecule has 0 bridgehead atoms. The number of carbonyl (C=O) groups excluding carboxylic acids is 2. The number of hydrogen-bond acceptors (Lipinski definition) is 5. The Labute approximate surface area is 163 Å². The van der Waals surface area contributed by atoms with Crippen molar-refractivity contribution in [2.24, 2.45) is 0 Å². The summed E-state index contributed by atoms with van der Waals surface area (Å²) in [6, 6.07) is 7.01. The van der Waals surface area contributed by atoms with Crippen LogP contribution in [-0.2, 0) is 17.6 Å². The van der Waals surface area contributed by atoms with E-state index in [0.717, 1.165) is 43.4 Å². The molecule has 3 rings (SSSR count). The van der Waals surface area contributed by atoms with Crippen molar-refractivity contribution < 1.29 is 19.1 Å². The summed E-state index contributed by atoms with van der Waals surface area (Å²) in [5, 5.41) is 3.50. The molecule has 0 radical (unpaired) electrons. The van der Waals surface area contributed by atoms with Crippen molar-refractivity contribution in [1.82, 2.24) is 0 Å². The average Bonchev–Trinajstić information content (AvgIpc) is 2.82. The quantitative estimate of drug-likeness (QED) is 0.589. The van der Waals surface area contributed by atoms with Crippen LogP contribution in [0, 0.1) is 0 Å². The third kappa shape index (κ3) is 4.50. The number of methoxy groups -OCH3 is 1. The highest BCUT2D eigenvalue weighted by atomic mass is 32.1. The number of benzene rings is 1. The zero-order valence-electron chi connectivity index (χ0n) is 16.0. The van der Waals surface area contributed by atoms with Gasteiger partial charge in [-0.3, -0.25) is 4.79 Å². The number of esters is 1. The number of nitrogens with one attached hydrogen (secondary N) is 1. The van der Waals surface area contributed by atoms with Crippen molar-refractivity contribution >= 4 is 28.2 Å². The standard InChI is InChI=1S/C21H25NO4S/c1-13(2)26-15-11-9-14(10-12-15)19(23)22-20-18(21(24)25-3)16-7-5-4-6-8-17(16)27-20/h9-13H,4-8H2,1-3H3,(H,22,23). The van der Waals surface area contributed by atoms with Crippen molar-refractivity contribution in [1.29, 1.82) is 0 Å². The number of carbonyl (C=O) groups is 2. The number of aryl methyl sites for hydroxylation is 1. The first-order valence-electron chi connectivity index (χ1n) is 9.30. The lowest BCUT2D eigenvalue weighted by atomic mass is 10.1. The Morgan fingerprint density at radius 3 is 2.44 bits per heavy atom. The second-order valence-electron chi connectivity index (χ2n) is 6.91. The molecule has 1 aromatic heterocycles. The highest BCUT2D eigenvalue weighted by Crippen LogP contribution is 2.38. The molecule has 6 heteroatoms. The highest BCUT2D eigenvalue weighted by molar-refractivity contribution is 7.17. The minimum absolute atomic E-state index is 0.0776. The first kappa shape index (κ1) is 19.4. The lowest BCUT2D eigenvalue weighted by molar-refractivity contribution is 0.0601. The topological polar surface area (TPSA) is 64.6 Å². The third-order valence-corrected chi connectivity index (χ3v) is 5.73. The monoisotopic (exact) mass is 387 g/mol. The van der Waals surface area contributed by atoms with Crippen molar-refractivity contribution in [2.45, 2.75) is 52.1 Å². The molecule has 0 atom stereocenters. The number of ether oxygens (including phenoxy) is 2. The van der Waals surface area contributed by atoms with Gasteiger partial charge in [-0.2, -0.15) is 0 Å². The largest absolute Gasteiger partial charge is 0.491 e. The number of rotatable bonds is 5. The first-order chi connectivity index (χ1) is 13.0. The number of thiophene rings is 1. The zero-order chi connectivity index (χ0) is 19.4. The lowest BCUT2D eigenvalue weighted by Crippen LogP contribution is -2.14. The number of fused-ring (bicyclic) bond motifs is 1. The number of amides is 1. The maximum atomic E-state index is 12.7. The van der Waals surface area contributed by atoms with Gasteiger partial charge in [-0.05, 0) is 69.4 Å². The van der Waals surface area contributed by atoms with Crippen LogP contribution < -0.4 is 10.1 Å². The minimum atomic E-state index is -0.384. The Kier molecular flexibility index (Phi) is 6.16. The maximum absolute atomic E-state index is 12.7. The van der Waals surface area contributed by atoms with Gasteiger partial charge in [0.05, 0.1) is 18.8 Å². The van der Waals surface area contributed by atoms with Crippen molar-refractivity contribution in [3.8, 4) is 5.75 Å². The fraction of sp³-hybridized carbons (Fsp3) is 0.429. The van der Waals surface area contributed by atoms with Crippen LogP contribution in [0.25, 0.3) is 0 Å². The van der Waals surface area contributed by atoms with Crippen LogP contribution in [0.2, 0.25) is 0 Å². The Morgan fingerprint density at radius 2 is 1.78 bits per heavy atom. The first-order valence-corrected chi connectivity index (χ1v) is 10.1. The van der Waals surface area contributed by atoms with E-state index in [9.17, 15) is 9.59 Å². The predicted molar refractivity (Wildman–Crippen MR) is 107 cm³/mol. The van der Waals surface area contributed by atoms with E-state index in [2.05, 4.69) is 5.32 Å². The molecule has 5 nitrogen and oxygen atoms in total. The molecule has 0 unspecified atom stereocenters. The summed E-state index contributed by atoms with van der Waals surface area (Å²) in [5.41, 5.74) is 2.08. The van der Waals surface area contributed by atoms with Crippen LogP contribution in [0.1, 0.15) is 64.3 Å². The molecule has 0 fully saturated rings. The van der Waals surface area contributed by atoms with E-state index in [1.54, 1.807) is 24.3 Å². The Hall–Kier alpha value is -2.34. The fourth-order valence-electron chi connectivity index (χ4n) is 3.28. The predicted octanol–water partition coefficient (Wildman–Crippen LogP) is 4.84. The molecule has 0 saturated heterocycles. The molecule has 1 N–H and O–H groups in total. The average molecular weight is 388 g/mol. The second kappa shape index (κ2) is 8.57. The van der Waals surface area contributed by atoms with Crippen LogP contribution in [0.4, 0.5) is 5.00 Å². The summed E-state index contributed by atoms with van der Waals surface area (Å²) < 4.78 is 10.6. The van der Waals surface area contributed by atoms with Crippen LogP contribution in [0.15, 0.2) is 24.3 Å². The van der Waals surface area contributed by atoms with Crippen molar-refractivity contribution in [3.05, 3.63) is 45.8 Å². The summed E-state index contributed by atoms with van der Waals surface area (Å²) in [6.45, 7) is 3.91. The normalized spacial score (nSPS) is 13.6. The van der Waals surface area contributed by atoms with Gasteiger partial charge in [0.25, 0.3) is 5.91 Å². The molecule has 144 valence electrons. The molecule has 0 saturated carbocycles. The smallest absolute Gasteiger partial charge is 0.341 e. The van der Waals surface area contributed by atoms with Crippen LogP contribution in [0.3, 0.4) is 0 Å². The third-order valence-electron chi connectivity index (χ3n) is 4.53. The van der Waals surface area contributed by atoms with E-state index in [1.807, 2.05) is 13.8 Å². The van der Waals surface area contributed by atoms with Crippen LogP contribution >= 0.6 is 11.3 Å². The van der Waals surface area contributed by atoms with Gasteiger partial charge in [0.1, 0.15) is 10.8 Å². The van der Waals surface area contributed by atoms with E-state index < -0.39 is 0 Å². The fourth-order valence-corrected chi connectivity index (χ4v) is 4.55. The zero-order valence-corrected chi connectivity index (χ0v) is 16.8. The molecule has 2 aromatic rings. The van der Waals surface area contributed by atoms with E-state index in [0.29, 0.717) is 16.1 Å². The van der Waals surface area contributed by atoms with E-state index >= 15 is 0 Å². The number of anilines is 1. The van der Waals surface area contributed by atoms with Gasteiger partial charge in [0.15, 0.2) is 0 Å². The van der Waals surface area contributed by atoms with Gasteiger partial charge in [0, 0.05) is 10.4 Å². The van der Waals surface area contributed by atoms with Crippen molar-refractivity contribution in [3.63, 3.8) is 0 Å². The molecule has 27 heavy (non-hydrogen) atoms.